The molecular formula is C22H11Cl4NO5S. The summed E-state index contributed by atoms with van der Waals surface area (Å²) in [5.74, 6) is 1.40. The van der Waals surface area contributed by atoms with E-state index in [-0.39, 0.29) is 18.2 Å². The molecule has 0 bridgehead atoms. The standard InChI is InChI=1S/C22H11Cl4NO5S/c23-13-7-19-18(30-9-31-19)3-10(13)8-27-21(28)20(33-22(27)29)4-11-1-2-17(32-11)12-5-15(25)16(26)6-14(12)24/h1-7H,8-9H2/b20-4-. The van der Waals surface area contributed by atoms with E-state index < -0.39 is 11.1 Å². The number of halogens is 4. The van der Waals surface area contributed by atoms with Gasteiger partial charge in [-0.2, -0.15) is 0 Å². The van der Waals surface area contributed by atoms with Crippen molar-refractivity contribution in [1.82, 2.24) is 4.90 Å². The van der Waals surface area contributed by atoms with Gasteiger partial charge in [0.25, 0.3) is 11.1 Å². The maximum atomic E-state index is 12.9. The van der Waals surface area contributed by atoms with Crippen LogP contribution in [0.25, 0.3) is 17.4 Å². The monoisotopic (exact) mass is 541 g/mol. The van der Waals surface area contributed by atoms with Crippen molar-refractivity contribution in [2.24, 2.45) is 0 Å². The average Bonchev–Trinajstić information content (AvgIpc) is 3.47. The molecule has 168 valence electrons. The second-order valence-electron chi connectivity index (χ2n) is 7.01. The van der Waals surface area contributed by atoms with Crippen LogP contribution in [0, 0.1) is 0 Å². The maximum Gasteiger partial charge on any atom is 0.293 e. The second-order valence-corrected chi connectivity index (χ2v) is 9.63. The van der Waals surface area contributed by atoms with Crippen LogP contribution < -0.4 is 9.47 Å². The summed E-state index contributed by atoms with van der Waals surface area (Å²) in [4.78, 5) is 26.8. The van der Waals surface area contributed by atoms with Crippen LogP contribution in [0.4, 0.5) is 4.79 Å². The van der Waals surface area contributed by atoms with E-state index in [1.165, 1.54) is 12.1 Å². The maximum absolute atomic E-state index is 12.9. The Labute approximate surface area is 211 Å². The van der Waals surface area contributed by atoms with E-state index in [1.54, 1.807) is 30.3 Å². The lowest BCUT2D eigenvalue weighted by molar-refractivity contribution is -0.123. The van der Waals surface area contributed by atoms with Gasteiger partial charge < -0.3 is 13.9 Å². The zero-order chi connectivity index (χ0) is 23.3. The normalized spacial score (nSPS) is 16.4. The Morgan fingerprint density at radius 1 is 0.909 bits per heavy atom. The molecule has 0 spiro atoms. The van der Waals surface area contributed by atoms with Crippen molar-refractivity contribution in [3.05, 3.63) is 72.7 Å². The Kier molecular flexibility index (Phi) is 6.01. The number of nitrogens with zero attached hydrogens (tertiary/aromatic N) is 1. The third kappa shape index (κ3) is 4.32. The summed E-state index contributed by atoms with van der Waals surface area (Å²) >= 11 is 25.4. The van der Waals surface area contributed by atoms with Gasteiger partial charge in [0.15, 0.2) is 11.5 Å². The molecular weight excluding hydrogens is 532 g/mol. The molecule has 3 aromatic rings. The van der Waals surface area contributed by atoms with Crippen molar-refractivity contribution in [1.29, 1.82) is 0 Å². The number of carbonyl (C=O) groups excluding carboxylic acids is 2. The van der Waals surface area contributed by atoms with Crippen molar-refractivity contribution in [2.45, 2.75) is 6.54 Å². The quantitative estimate of drug-likeness (QED) is 0.251. The highest BCUT2D eigenvalue weighted by Gasteiger charge is 2.36. The number of imide groups is 1. The van der Waals surface area contributed by atoms with Gasteiger partial charge in [-0.05, 0) is 47.7 Å². The van der Waals surface area contributed by atoms with Crippen LogP contribution >= 0.6 is 58.2 Å². The molecule has 2 aromatic carbocycles. The number of hydrogen-bond donors (Lipinski definition) is 0. The number of hydrogen-bond acceptors (Lipinski definition) is 6. The zero-order valence-electron chi connectivity index (χ0n) is 16.4. The third-order valence-electron chi connectivity index (χ3n) is 4.92. The van der Waals surface area contributed by atoms with Crippen molar-refractivity contribution in [2.75, 3.05) is 6.79 Å². The Hall–Kier alpha value is -2.29. The summed E-state index contributed by atoms with van der Waals surface area (Å²) in [5, 5.41) is 0.979. The summed E-state index contributed by atoms with van der Waals surface area (Å²) in [6.07, 6.45) is 1.50. The van der Waals surface area contributed by atoms with Crippen molar-refractivity contribution < 1.29 is 23.5 Å². The van der Waals surface area contributed by atoms with E-state index in [0.29, 0.717) is 54.2 Å². The van der Waals surface area contributed by atoms with Crippen LogP contribution in [-0.2, 0) is 11.3 Å². The fraction of sp³-hybridized carbons (Fsp3) is 0.0909. The molecule has 0 N–H and O–H groups in total. The highest BCUT2D eigenvalue weighted by atomic mass is 35.5. The van der Waals surface area contributed by atoms with Crippen LogP contribution in [0.3, 0.4) is 0 Å². The first-order chi connectivity index (χ1) is 15.8. The number of benzene rings is 2. The van der Waals surface area contributed by atoms with Gasteiger partial charge in [0.05, 0.1) is 26.5 Å². The van der Waals surface area contributed by atoms with Crippen molar-refractivity contribution >= 4 is 75.4 Å². The van der Waals surface area contributed by atoms with Gasteiger partial charge in [-0.25, -0.2) is 0 Å². The lowest BCUT2D eigenvalue weighted by Crippen LogP contribution is -2.27. The number of thioether (sulfide) groups is 1. The average molecular weight is 543 g/mol. The van der Waals surface area contributed by atoms with E-state index in [0.717, 1.165) is 16.7 Å². The van der Waals surface area contributed by atoms with Crippen molar-refractivity contribution in [3.8, 4) is 22.8 Å². The van der Waals surface area contributed by atoms with Gasteiger partial charge in [0, 0.05) is 22.7 Å². The van der Waals surface area contributed by atoms with Gasteiger partial charge >= 0.3 is 0 Å². The zero-order valence-corrected chi connectivity index (χ0v) is 20.2. The molecule has 1 aromatic heterocycles. The summed E-state index contributed by atoms with van der Waals surface area (Å²) in [6, 6.07) is 9.74. The Morgan fingerprint density at radius 2 is 1.64 bits per heavy atom. The SMILES string of the molecule is O=C1S/C(=C\c2ccc(-c3cc(Cl)c(Cl)cc3Cl)o2)C(=O)N1Cc1cc2c(cc1Cl)OCO2. The summed E-state index contributed by atoms with van der Waals surface area (Å²) in [7, 11) is 0. The molecule has 2 aliphatic heterocycles. The molecule has 0 atom stereocenters. The molecule has 1 saturated heterocycles. The molecule has 11 heteroatoms. The minimum atomic E-state index is -0.454. The predicted octanol–water partition coefficient (Wildman–Crippen LogP) is 7.53. The molecule has 3 heterocycles. The highest BCUT2D eigenvalue weighted by Crippen LogP contribution is 2.40. The number of ether oxygens (including phenoxy) is 2. The predicted molar refractivity (Wildman–Crippen MR) is 128 cm³/mol. The smallest absolute Gasteiger partial charge is 0.293 e. The topological polar surface area (TPSA) is 69.0 Å². The van der Waals surface area contributed by atoms with Gasteiger partial charge in [-0.15, -0.1) is 0 Å². The fourth-order valence-electron chi connectivity index (χ4n) is 3.30. The lowest BCUT2D eigenvalue weighted by Gasteiger charge is -2.14. The van der Waals surface area contributed by atoms with E-state index in [9.17, 15) is 9.59 Å². The Morgan fingerprint density at radius 3 is 2.42 bits per heavy atom. The molecule has 0 saturated carbocycles. The van der Waals surface area contributed by atoms with Gasteiger partial charge in [-0.1, -0.05) is 46.4 Å². The minimum Gasteiger partial charge on any atom is -0.457 e. The molecule has 2 amide bonds. The van der Waals surface area contributed by atoms with Gasteiger partial charge in [0.2, 0.25) is 6.79 Å². The molecule has 2 aliphatic rings. The second kappa shape index (κ2) is 8.81. The van der Waals surface area contributed by atoms with E-state index in [2.05, 4.69) is 0 Å². The highest BCUT2D eigenvalue weighted by molar-refractivity contribution is 8.18. The molecule has 5 rings (SSSR count). The molecule has 1 fully saturated rings. The van der Waals surface area contributed by atoms with Gasteiger partial charge in [-0.3, -0.25) is 14.5 Å². The van der Waals surface area contributed by atoms with E-state index in [4.69, 9.17) is 60.3 Å². The lowest BCUT2D eigenvalue weighted by atomic mass is 10.2. The van der Waals surface area contributed by atoms with Crippen LogP contribution in [0.1, 0.15) is 11.3 Å². The van der Waals surface area contributed by atoms with Gasteiger partial charge in [0.1, 0.15) is 11.5 Å². The van der Waals surface area contributed by atoms with E-state index in [1.807, 2.05) is 0 Å². The molecule has 0 radical (unpaired) electrons. The largest absolute Gasteiger partial charge is 0.457 e. The van der Waals surface area contributed by atoms with Crippen LogP contribution in [0.15, 0.2) is 45.7 Å². The molecule has 0 unspecified atom stereocenters. The summed E-state index contributed by atoms with van der Waals surface area (Å²) < 4.78 is 16.4. The third-order valence-corrected chi connectivity index (χ3v) is 7.21. The number of fused-ring (bicyclic) bond motifs is 1. The number of rotatable bonds is 4. The molecule has 6 nitrogen and oxygen atoms in total. The first-order valence-electron chi connectivity index (χ1n) is 9.38. The molecule has 33 heavy (non-hydrogen) atoms. The van der Waals surface area contributed by atoms with Crippen LogP contribution in [-0.4, -0.2) is 22.8 Å². The Balaban J connectivity index is 1.38. The van der Waals surface area contributed by atoms with Crippen LogP contribution in [0.2, 0.25) is 20.1 Å². The fourth-order valence-corrected chi connectivity index (χ4v) is 4.97. The minimum absolute atomic E-state index is 0.000232. The Bertz CT molecular complexity index is 1350. The van der Waals surface area contributed by atoms with Crippen molar-refractivity contribution in [3.63, 3.8) is 0 Å². The van der Waals surface area contributed by atoms with Crippen LogP contribution in [0.5, 0.6) is 11.5 Å². The first-order valence-corrected chi connectivity index (χ1v) is 11.7. The number of carbonyl (C=O) groups is 2. The first kappa shape index (κ1) is 22.5. The molecule has 0 aliphatic carbocycles. The van der Waals surface area contributed by atoms with E-state index >= 15 is 0 Å². The number of amides is 2. The summed E-state index contributed by atoms with van der Waals surface area (Å²) in [5.41, 5.74) is 1.12. The summed E-state index contributed by atoms with van der Waals surface area (Å²) in [6.45, 7) is 0.0950. The number of furan rings is 1.